The van der Waals surface area contributed by atoms with Crippen LogP contribution in [0.3, 0.4) is 0 Å². The predicted octanol–water partition coefficient (Wildman–Crippen LogP) is 3.21. The molecule has 25 heavy (non-hydrogen) atoms. The highest BCUT2D eigenvalue weighted by molar-refractivity contribution is 7.89. The summed E-state index contributed by atoms with van der Waals surface area (Å²) in [6.07, 6.45) is 3.46. The monoisotopic (exact) mass is 356 g/mol. The van der Waals surface area contributed by atoms with Gasteiger partial charge < -0.3 is 0 Å². The molecule has 1 aliphatic rings. The molecule has 5 nitrogen and oxygen atoms in total. The molecular formula is C19H20N2O3S. The minimum absolute atomic E-state index is 0.325. The lowest BCUT2D eigenvalue weighted by molar-refractivity contribution is 0.205. The van der Waals surface area contributed by atoms with Crippen molar-refractivity contribution in [1.29, 1.82) is 0 Å². The number of allylic oxidation sites excluding steroid dienone is 1. The van der Waals surface area contributed by atoms with Gasteiger partial charge in [-0.05, 0) is 47.4 Å². The van der Waals surface area contributed by atoms with E-state index in [1.54, 1.807) is 24.3 Å². The van der Waals surface area contributed by atoms with Gasteiger partial charge in [0.15, 0.2) is 0 Å². The summed E-state index contributed by atoms with van der Waals surface area (Å²) in [7, 11) is -3.51. The summed E-state index contributed by atoms with van der Waals surface area (Å²) in [5, 5.41) is 8.75. The average Bonchev–Trinajstić information content (AvgIpc) is 3.03. The highest BCUT2D eigenvalue weighted by Gasteiger charge is 2.30. The first-order chi connectivity index (χ1) is 11.9. The third-order valence-electron chi connectivity index (χ3n) is 4.17. The Morgan fingerprint density at radius 1 is 1.20 bits per heavy atom. The lowest BCUT2D eigenvalue weighted by Gasteiger charge is -2.15. The molecule has 2 N–H and O–H groups in total. The van der Waals surface area contributed by atoms with Crippen LogP contribution in [0.4, 0.5) is 0 Å². The quantitative estimate of drug-likeness (QED) is 0.638. The normalized spacial score (nSPS) is 14.6. The van der Waals surface area contributed by atoms with Gasteiger partial charge in [0, 0.05) is 13.1 Å². The highest BCUT2D eigenvalue weighted by atomic mass is 32.2. The van der Waals surface area contributed by atoms with Crippen LogP contribution >= 0.6 is 0 Å². The van der Waals surface area contributed by atoms with Crippen LogP contribution in [0.15, 0.2) is 65.7 Å². The maximum atomic E-state index is 12.9. The predicted molar refractivity (Wildman–Crippen MR) is 97.2 cm³/mol. The zero-order valence-electron chi connectivity index (χ0n) is 13.9. The van der Waals surface area contributed by atoms with Crippen molar-refractivity contribution in [2.24, 2.45) is 0 Å². The first-order valence-corrected chi connectivity index (χ1v) is 9.30. The molecule has 1 aliphatic heterocycles. The number of hydrogen-bond acceptors (Lipinski definition) is 4. The number of benzene rings is 2. The molecule has 0 atom stereocenters. The SMILES string of the molecule is C=C(/C=C/c1ccc2c(c1)CN(S(=O)(=O)c1cccc(C)c1)C2)NO. The number of fused-ring (bicyclic) bond motifs is 1. The lowest BCUT2D eigenvalue weighted by Crippen LogP contribution is -2.25. The van der Waals surface area contributed by atoms with Gasteiger partial charge in [0.25, 0.3) is 0 Å². The number of aryl methyl sites for hydroxylation is 1. The minimum atomic E-state index is -3.51. The highest BCUT2D eigenvalue weighted by Crippen LogP contribution is 2.29. The third-order valence-corrected chi connectivity index (χ3v) is 5.96. The van der Waals surface area contributed by atoms with Gasteiger partial charge in [-0.25, -0.2) is 8.42 Å². The second kappa shape index (κ2) is 6.84. The molecule has 3 rings (SSSR count). The molecule has 1 heterocycles. The number of nitrogens with one attached hydrogen (secondary N) is 1. The molecule has 0 spiro atoms. The smallest absolute Gasteiger partial charge is 0.243 e. The topological polar surface area (TPSA) is 69.6 Å². The Balaban J connectivity index is 1.84. The molecule has 2 aromatic rings. The van der Waals surface area contributed by atoms with Crippen LogP contribution in [0.1, 0.15) is 22.3 Å². The van der Waals surface area contributed by atoms with E-state index < -0.39 is 10.0 Å². The molecule has 0 unspecified atom stereocenters. The summed E-state index contributed by atoms with van der Waals surface area (Å²) in [4.78, 5) is 0.325. The van der Waals surface area contributed by atoms with Crippen molar-refractivity contribution in [3.8, 4) is 0 Å². The fraction of sp³-hybridized carbons (Fsp3) is 0.158. The Bertz CT molecular complexity index is 949. The van der Waals surface area contributed by atoms with Crippen molar-refractivity contribution in [1.82, 2.24) is 9.79 Å². The van der Waals surface area contributed by atoms with E-state index in [1.807, 2.05) is 42.7 Å². The second-order valence-corrected chi connectivity index (χ2v) is 8.03. The van der Waals surface area contributed by atoms with Crippen LogP contribution in [0.5, 0.6) is 0 Å². The van der Waals surface area contributed by atoms with Gasteiger partial charge in [-0.3, -0.25) is 10.7 Å². The molecule has 0 saturated heterocycles. The van der Waals surface area contributed by atoms with E-state index in [-0.39, 0.29) is 0 Å². The number of hydroxylamine groups is 1. The Kier molecular flexibility index (Phi) is 4.76. The average molecular weight is 356 g/mol. The van der Waals surface area contributed by atoms with Crippen molar-refractivity contribution < 1.29 is 13.6 Å². The summed E-state index contributed by atoms with van der Waals surface area (Å²) in [5.41, 5.74) is 6.18. The van der Waals surface area contributed by atoms with Crippen LogP contribution in [0.2, 0.25) is 0 Å². The van der Waals surface area contributed by atoms with Crippen LogP contribution in [0, 0.1) is 6.92 Å². The maximum Gasteiger partial charge on any atom is 0.243 e. The number of nitrogens with zero attached hydrogens (tertiary/aromatic N) is 1. The Morgan fingerprint density at radius 3 is 2.68 bits per heavy atom. The standard InChI is InChI=1S/C19H20N2O3S/c1-14-4-3-5-19(10-14)25(23,24)21-12-17-9-8-16(11-18(17)13-21)7-6-15(2)20-22/h3-11,20,22H,2,12-13H2,1H3/b7-6+. The Morgan fingerprint density at radius 2 is 1.96 bits per heavy atom. The van der Waals surface area contributed by atoms with Crippen molar-refractivity contribution in [2.45, 2.75) is 24.9 Å². The summed E-state index contributed by atoms with van der Waals surface area (Å²) in [6, 6.07) is 12.8. The van der Waals surface area contributed by atoms with Crippen molar-refractivity contribution in [3.63, 3.8) is 0 Å². The molecular weight excluding hydrogens is 336 g/mol. The first-order valence-electron chi connectivity index (χ1n) is 7.86. The molecule has 0 aromatic heterocycles. The van der Waals surface area contributed by atoms with E-state index in [1.165, 1.54) is 4.31 Å². The van der Waals surface area contributed by atoms with Crippen LogP contribution in [-0.2, 0) is 23.1 Å². The van der Waals surface area contributed by atoms with E-state index in [0.717, 1.165) is 22.3 Å². The third kappa shape index (κ3) is 3.66. The minimum Gasteiger partial charge on any atom is -0.291 e. The van der Waals surface area contributed by atoms with E-state index in [9.17, 15) is 8.42 Å². The first kappa shape index (κ1) is 17.4. The Hall–Kier alpha value is -2.41. The summed E-state index contributed by atoms with van der Waals surface area (Å²) in [6.45, 7) is 6.22. The maximum absolute atomic E-state index is 12.9. The van der Waals surface area contributed by atoms with Gasteiger partial charge >= 0.3 is 0 Å². The van der Waals surface area contributed by atoms with Gasteiger partial charge in [0.1, 0.15) is 0 Å². The molecule has 0 aliphatic carbocycles. The fourth-order valence-corrected chi connectivity index (χ4v) is 4.32. The fourth-order valence-electron chi connectivity index (χ4n) is 2.82. The summed E-state index contributed by atoms with van der Waals surface area (Å²) >= 11 is 0. The molecule has 0 fully saturated rings. The summed E-state index contributed by atoms with van der Waals surface area (Å²) < 4.78 is 27.2. The number of hydrogen-bond donors (Lipinski definition) is 2. The Labute approximate surface area is 147 Å². The molecule has 0 radical (unpaired) electrons. The van der Waals surface area contributed by atoms with Crippen LogP contribution < -0.4 is 5.48 Å². The van der Waals surface area contributed by atoms with Crippen LogP contribution in [0.25, 0.3) is 6.08 Å². The number of rotatable bonds is 5. The van der Waals surface area contributed by atoms with Crippen molar-refractivity contribution in [3.05, 3.63) is 83.1 Å². The molecule has 2 aromatic carbocycles. The van der Waals surface area contributed by atoms with Gasteiger partial charge in [-0.2, -0.15) is 4.31 Å². The van der Waals surface area contributed by atoms with E-state index in [4.69, 9.17) is 5.21 Å². The second-order valence-electron chi connectivity index (χ2n) is 6.09. The van der Waals surface area contributed by atoms with Gasteiger partial charge in [-0.1, -0.05) is 43.0 Å². The van der Waals surface area contributed by atoms with E-state index in [0.29, 0.717) is 23.7 Å². The van der Waals surface area contributed by atoms with Gasteiger partial charge in [0.05, 0.1) is 10.6 Å². The molecule has 0 amide bonds. The molecule has 0 saturated carbocycles. The molecule has 130 valence electrons. The van der Waals surface area contributed by atoms with Gasteiger partial charge in [0.2, 0.25) is 10.0 Å². The number of sulfonamides is 1. The molecule has 0 bridgehead atoms. The zero-order chi connectivity index (χ0) is 18.0. The van der Waals surface area contributed by atoms with Gasteiger partial charge in [-0.15, -0.1) is 0 Å². The van der Waals surface area contributed by atoms with E-state index in [2.05, 4.69) is 6.58 Å². The molecule has 6 heteroatoms. The zero-order valence-corrected chi connectivity index (χ0v) is 14.8. The lowest BCUT2D eigenvalue weighted by atomic mass is 10.1. The van der Waals surface area contributed by atoms with E-state index >= 15 is 0 Å². The van der Waals surface area contributed by atoms with Crippen molar-refractivity contribution >= 4 is 16.1 Å². The van der Waals surface area contributed by atoms with Crippen LogP contribution in [-0.4, -0.2) is 17.9 Å². The van der Waals surface area contributed by atoms with Crippen molar-refractivity contribution in [2.75, 3.05) is 0 Å². The summed E-state index contributed by atoms with van der Waals surface area (Å²) in [5.74, 6) is 0. The largest absolute Gasteiger partial charge is 0.291 e.